The first kappa shape index (κ1) is 12.6. The zero-order valence-corrected chi connectivity index (χ0v) is 12.0. The van der Waals surface area contributed by atoms with Crippen molar-refractivity contribution in [2.24, 2.45) is 5.92 Å². The molecule has 0 aromatic carbocycles. The van der Waals surface area contributed by atoms with Gasteiger partial charge in [0.25, 0.3) is 5.56 Å². The maximum absolute atomic E-state index is 11.9. The number of hydrogen-bond donors (Lipinski definition) is 1. The van der Waals surface area contributed by atoms with E-state index in [0.717, 1.165) is 23.2 Å². The Hall–Kier alpha value is -1.43. The van der Waals surface area contributed by atoms with Crippen molar-refractivity contribution in [3.63, 3.8) is 0 Å². The monoisotopic (exact) mass is 278 g/mol. The smallest absolute Gasteiger partial charge is 0.275 e. The molecule has 2 atom stereocenters. The molecule has 2 heterocycles. The lowest BCUT2D eigenvalue weighted by Crippen LogP contribution is -2.17. The van der Waals surface area contributed by atoms with Crippen LogP contribution in [0.15, 0.2) is 10.9 Å². The summed E-state index contributed by atoms with van der Waals surface area (Å²) in [6.07, 6.45) is 4.39. The summed E-state index contributed by atoms with van der Waals surface area (Å²) in [6, 6.07) is 2.05. The lowest BCUT2D eigenvalue weighted by molar-refractivity contribution is 0.602. The first-order valence-electron chi connectivity index (χ1n) is 6.82. The second-order valence-corrected chi connectivity index (χ2v) is 6.26. The average molecular weight is 278 g/mol. The van der Waals surface area contributed by atoms with E-state index >= 15 is 0 Å². The van der Waals surface area contributed by atoms with Crippen molar-refractivity contribution >= 4 is 21.4 Å². The highest BCUT2D eigenvalue weighted by atomic mass is 32.1. The van der Waals surface area contributed by atoms with Crippen molar-refractivity contribution < 1.29 is 0 Å². The van der Waals surface area contributed by atoms with E-state index in [0.29, 0.717) is 11.0 Å². The van der Waals surface area contributed by atoms with Crippen molar-refractivity contribution in [2.75, 3.05) is 5.32 Å². The van der Waals surface area contributed by atoms with E-state index in [9.17, 15) is 4.79 Å². The van der Waals surface area contributed by atoms with E-state index in [1.54, 1.807) is 6.07 Å². The molecule has 0 aliphatic heterocycles. The summed E-state index contributed by atoms with van der Waals surface area (Å²) in [7, 11) is 0. The van der Waals surface area contributed by atoms with Crippen LogP contribution in [0.2, 0.25) is 0 Å². The molecule has 2 aromatic heterocycles. The Kier molecular flexibility index (Phi) is 3.26. The fourth-order valence-electron chi connectivity index (χ4n) is 2.61. The minimum absolute atomic E-state index is 0.0917. The summed E-state index contributed by atoms with van der Waals surface area (Å²) < 4.78 is 1.39. The molecule has 1 aliphatic carbocycles. The number of aromatic nitrogens is 3. The zero-order valence-electron chi connectivity index (χ0n) is 11.2. The third-order valence-electron chi connectivity index (χ3n) is 3.68. The molecule has 2 unspecified atom stereocenters. The predicted molar refractivity (Wildman–Crippen MR) is 76.9 cm³/mol. The Morgan fingerprint density at radius 1 is 1.53 bits per heavy atom. The number of nitrogens with zero attached hydrogens (tertiary/aromatic N) is 3. The van der Waals surface area contributed by atoms with Gasteiger partial charge in [-0.25, -0.2) is 4.98 Å². The Morgan fingerprint density at radius 3 is 3.05 bits per heavy atom. The van der Waals surface area contributed by atoms with Crippen molar-refractivity contribution in [1.82, 2.24) is 14.6 Å². The molecule has 1 fully saturated rings. The molecular weight excluding hydrogens is 260 g/mol. The molecule has 0 spiro atoms. The highest BCUT2D eigenvalue weighted by Crippen LogP contribution is 2.28. The Morgan fingerprint density at radius 2 is 2.37 bits per heavy atom. The summed E-state index contributed by atoms with van der Waals surface area (Å²) in [5.74, 6) is 0.777. The minimum Gasteiger partial charge on any atom is -0.357 e. The van der Waals surface area contributed by atoms with E-state index < -0.39 is 0 Å². The van der Waals surface area contributed by atoms with Crippen LogP contribution < -0.4 is 10.9 Å². The molecule has 0 amide bonds. The molecular formula is C13H18N4OS. The molecule has 1 N–H and O–H groups in total. The molecule has 102 valence electrons. The van der Waals surface area contributed by atoms with Gasteiger partial charge in [0.05, 0.1) is 0 Å². The zero-order chi connectivity index (χ0) is 13.4. The molecule has 1 saturated carbocycles. The van der Waals surface area contributed by atoms with Crippen LogP contribution >= 0.6 is 11.3 Å². The van der Waals surface area contributed by atoms with Crippen molar-refractivity contribution in [3.8, 4) is 0 Å². The second-order valence-electron chi connectivity index (χ2n) is 5.30. The van der Waals surface area contributed by atoms with E-state index in [4.69, 9.17) is 0 Å². The van der Waals surface area contributed by atoms with E-state index in [-0.39, 0.29) is 5.56 Å². The Balaban J connectivity index is 1.89. The molecule has 6 heteroatoms. The van der Waals surface area contributed by atoms with Gasteiger partial charge in [0.15, 0.2) is 0 Å². The number of nitrogens with one attached hydrogen (secondary N) is 1. The van der Waals surface area contributed by atoms with E-state index in [1.807, 2.05) is 6.92 Å². The van der Waals surface area contributed by atoms with E-state index in [1.165, 1.54) is 35.1 Å². The van der Waals surface area contributed by atoms with Gasteiger partial charge in [0.1, 0.15) is 0 Å². The minimum atomic E-state index is -0.0917. The standard InChI is InChI=1S/C13H18N4OS/c1-3-9-7-11(18)17-13(15-9)19-12(16-17)14-10-5-4-8(2)6-10/h7-8,10H,3-6H2,1-2H3,(H,14,16). The molecule has 5 nitrogen and oxygen atoms in total. The van der Waals surface area contributed by atoms with Gasteiger partial charge >= 0.3 is 0 Å². The first-order valence-corrected chi connectivity index (χ1v) is 7.63. The third kappa shape index (κ3) is 2.49. The molecule has 3 rings (SSSR count). The molecule has 0 radical (unpaired) electrons. The van der Waals surface area contributed by atoms with Gasteiger partial charge in [-0.1, -0.05) is 25.2 Å². The van der Waals surface area contributed by atoms with Crippen molar-refractivity contribution in [3.05, 3.63) is 22.1 Å². The topological polar surface area (TPSA) is 59.3 Å². The summed E-state index contributed by atoms with van der Waals surface area (Å²) in [5.41, 5.74) is 0.737. The van der Waals surface area contributed by atoms with Crippen LogP contribution in [0.25, 0.3) is 4.96 Å². The van der Waals surface area contributed by atoms with Crippen molar-refractivity contribution in [2.45, 2.75) is 45.6 Å². The van der Waals surface area contributed by atoms with Crippen molar-refractivity contribution in [1.29, 1.82) is 0 Å². The van der Waals surface area contributed by atoms with Gasteiger partial charge < -0.3 is 5.32 Å². The summed E-state index contributed by atoms with van der Waals surface area (Å²) >= 11 is 1.46. The maximum Gasteiger partial charge on any atom is 0.275 e. The third-order valence-corrected chi connectivity index (χ3v) is 4.52. The number of hydrogen-bond acceptors (Lipinski definition) is 5. The SMILES string of the molecule is CCc1cc(=O)n2nc(NC3CCC(C)C3)sc2n1. The predicted octanol–water partition coefficient (Wildman–Crippen LogP) is 2.31. The molecule has 0 saturated heterocycles. The summed E-state index contributed by atoms with van der Waals surface area (Å²) in [5, 5.41) is 8.56. The van der Waals surface area contributed by atoms with Gasteiger partial charge in [0, 0.05) is 17.8 Å². The number of aryl methyl sites for hydroxylation is 1. The lowest BCUT2D eigenvalue weighted by atomic mass is 10.1. The number of fused-ring (bicyclic) bond motifs is 1. The van der Waals surface area contributed by atoms with Gasteiger partial charge in [0.2, 0.25) is 10.1 Å². The molecule has 2 aromatic rings. The molecule has 0 bridgehead atoms. The van der Waals surface area contributed by atoms with Crippen LogP contribution in [-0.4, -0.2) is 20.6 Å². The van der Waals surface area contributed by atoms with Crippen LogP contribution in [0.5, 0.6) is 0 Å². The number of anilines is 1. The van der Waals surface area contributed by atoms with Gasteiger partial charge in [-0.15, -0.1) is 5.10 Å². The van der Waals surface area contributed by atoms with E-state index in [2.05, 4.69) is 22.3 Å². The summed E-state index contributed by atoms with van der Waals surface area (Å²) in [6.45, 7) is 4.28. The fraction of sp³-hybridized carbons (Fsp3) is 0.615. The second kappa shape index (κ2) is 4.92. The first-order chi connectivity index (χ1) is 9.15. The molecule has 1 aliphatic rings. The number of rotatable bonds is 3. The largest absolute Gasteiger partial charge is 0.357 e. The van der Waals surface area contributed by atoms with Gasteiger partial charge in [-0.3, -0.25) is 4.79 Å². The normalized spacial score (nSPS) is 23.1. The fourth-order valence-corrected chi connectivity index (χ4v) is 3.51. The summed E-state index contributed by atoms with van der Waals surface area (Å²) in [4.78, 5) is 17.0. The van der Waals surface area contributed by atoms with Crippen LogP contribution in [0.1, 0.15) is 38.8 Å². The van der Waals surface area contributed by atoms with Gasteiger partial charge in [-0.2, -0.15) is 4.52 Å². The van der Waals surface area contributed by atoms with Gasteiger partial charge in [-0.05, 0) is 31.6 Å². The quantitative estimate of drug-likeness (QED) is 0.936. The average Bonchev–Trinajstić information content (AvgIpc) is 2.96. The maximum atomic E-state index is 11.9. The van der Waals surface area contributed by atoms with Crippen LogP contribution in [0.4, 0.5) is 5.13 Å². The van der Waals surface area contributed by atoms with Crippen LogP contribution in [0, 0.1) is 5.92 Å². The highest BCUT2D eigenvalue weighted by molar-refractivity contribution is 7.20. The highest BCUT2D eigenvalue weighted by Gasteiger charge is 2.22. The Bertz CT molecular complexity index is 648. The molecule has 19 heavy (non-hydrogen) atoms. The lowest BCUT2D eigenvalue weighted by Gasteiger charge is -2.09. The van der Waals surface area contributed by atoms with Crippen LogP contribution in [-0.2, 0) is 6.42 Å². The Labute approximate surface area is 115 Å². The van der Waals surface area contributed by atoms with Crippen LogP contribution in [0.3, 0.4) is 0 Å².